The molecule has 0 aromatic heterocycles. The van der Waals surface area contributed by atoms with E-state index >= 15 is 0 Å². The van der Waals surface area contributed by atoms with E-state index in [1.165, 1.54) is 11.8 Å². The van der Waals surface area contributed by atoms with Crippen LogP contribution < -0.4 is 5.73 Å². The van der Waals surface area contributed by atoms with Crippen molar-refractivity contribution >= 4 is 11.8 Å². The number of halogens is 3. The van der Waals surface area contributed by atoms with Crippen molar-refractivity contribution in [2.75, 3.05) is 19.1 Å². The lowest BCUT2D eigenvalue weighted by atomic mass is 10.5. The van der Waals surface area contributed by atoms with Gasteiger partial charge >= 0.3 is 6.18 Å². The molecule has 0 amide bonds. The molecule has 0 spiro atoms. The van der Waals surface area contributed by atoms with E-state index in [-0.39, 0.29) is 11.2 Å². The molecular weight excluding hydrogens is 191 g/mol. The minimum absolute atomic E-state index is 0.0396. The molecule has 0 radical (unpaired) electrons. The van der Waals surface area contributed by atoms with E-state index < -0.39 is 12.8 Å². The van der Waals surface area contributed by atoms with E-state index in [4.69, 9.17) is 5.73 Å². The largest absolute Gasteiger partial charge is 0.411 e. The molecule has 74 valence electrons. The highest BCUT2D eigenvalue weighted by Crippen LogP contribution is 2.16. The van der Waals surface area contributed by atoms with E-state index in [0.29, 0.717) is 6.54 Å². The van der Waals surface area contributed by atoms with Gasteiger partial charge < -0.3 is 10.5 Å². The number of alkyl halides is 3. The summed E-state index contributed by atoms with van der Waals surface area (Å²) in [6.45, 7) is 1.10. The molecule has 2 nitrogen and oxygen atoms in total. The third-order valence-corrected chi connectivity index (χ3v) is 2.10. The standard InChI is InChI=1S/C6H12F3NOS/c1-5(2-10)12-4-11-3-6(7,8)9/h5H,2-4,10H2,1H3. The maximum atomic E-state index is 11.5. The van der Waals surface area contributed by atoms with Crippen LogP contribution in [-0.2, 0) is 4.74 Å². The van der Waals surface area contributed by atoms with Crippen molar-refractivity contribution in [2.45, 2.75) is 18.3 Å². The summed E-state index contributed by atoms with van der Waals surface area (Å²) in [5.41, 5.74) is 5.24. The summed E-state index contributed by atoms with van der Waals surface area (Å²) in [5.74, 6) is 0.0396. The zero-order valence-electron chi connectivity index (χ0n) is 6.73. The molecular formula is C6H12F3NOS. The summed E-state index contributed by atoms with van der Waals surface area (Å²) in [5, 5.41) is 0.137. The normalized spacial score (nSPS) is 14.8. The first-order chi connectivity index (χ1) is 5.45. The minimum Gasteiger partial charge on any atom is -0.361 e. The number of nitrogens with two attached hydrogens (primary N) is 1. The Bertz CT molecular complexity index is 120. The second-order valence-corrected chi connectivity index (χ2v) is 3.67. The van der Waals surface area contributed by atoms with Gasteiger partial charge in [-0.2, -0.15) is 13.2 Å². The Morgan fingerprint density at radius 1 is 1.50 bits per heavy atom. The van der Waals surface area contributed by atoms with Crippen molar-refractivity contribution in [2.24, 2.45) is 5.73 Å². The molecule has 0 saturated heterocycles. The van der Waals surface area contributed by atoms with Gasteiger partial charge in [-0.25, -0.2) is 0 Å². The van der Waals surface area contributed by atoms with Gasteiger partial charge in [-0.1, -0.05) is 6.92 Å². The minimum atomic E-state index is -4.23. The van der Waals surface area contributed by atoms with Crippen molar-refractivity contribution in [3.8, 4) is 0 Å². The molecule has 0 fully saturated rings. The van der Waals surface area contributed by atoms with E-state index in [1.807, 2.05) is 6.92 Å². The Morgan fingerprint density at radius 3 is 2.50 bits per heavy atom. The second-order valence-electron chi connectivity index (χ2n) is 2.29. The highest BCUT2D eigenvalue weighted by atomic mass is 32.2. The monoisotopic (exact) mass is 203 g/mol. The smallest absolute Gasteiger partial charge is 0.361 e. The van der Waals surface area contributed by atoms with E-state index in [9.17, 15) is 13.2 Å². The maximum Gasteiger partial charge on any atom is 0.411 e. The fourth-order valence-electron chi connectivity index (χ4n) is 0.390. The van der Waals surface area contributed by atoms with Crippen LogP contribution in [0.1, 0.15) is 6.92 Å². The first kappa shape index (κ1) is 12.1. The average Bonchev–Trinajstić information content (AvgIpc) is 1.96. The quantitative estimate of drug-likeness (QED) is 0.544. The van der Waals surface area contributed by atoms with Crippen molar-refractivity contribution in [1.29, 1.82) is 0 Å². The van der Waals surface area contributed by atoms with Gasteiger partial charge in [-0.15, -0.1) is 11.8 Å². The highest BCUT2D eigenvalue weighted by Gasteiger charge is 2.27. The second kappa shape index (κ2) is 5.66. The highest BCUT2D eigenvalue weighted by molar-refractivity contribution is 7.99. The van der Waals surface area contributed by atoms with Crippen molar-refractivity contribution < 1.29 is 17.9 Å². The predicted molar refractivity (Wildman–Crippen MR) is 43.0 cm³/mol. The lowest BCUT2D eigenvalue weighted by Crippen LogP contribution is -2.18. The van der Waals surface area contributed by atoms with Crippen molar-refractivity contribution in [3.05, 3.63) is 0 Å². The van der Waals surface area contributed by atoms with Gasteiger partial charge in [-0.05, 0) is 0 Å². The van der Waals surface area contributed by atoms with Gasteiger partial charge in [-0.3, -0.25) is 0 Å². The Labute approximate surface area is 73.6 Å². The first-order valence-electron chi connectivity index (χ1n) is 3.42. The van der Waals surface area contributed by atoms with Gasteiger partial charge in [0, 0.05) is 11.8 Å². The van der Waals surface area contributed by atoms with Crippen LogP contribution in [-0.4, -0.2) is 30.5 Å². The van der Waals surface area contributed by atoms with Crippen molar-refractivity contribution in [3.63, 3.8) is 0 Å². The molecule has 0 aliphatic heterocycles. The molecule has 0 aliphatic carbocycles. The van der Waals surface area contributed by atoms with Gasteiger partial charge in [0.1, 0.15) is 6.61 Å². The van der Waals surface area contributed by atoms with E-state index in [2.05, 4.69) is 4.74 Å². The third kappa shape index (κ3) is 8.16. The summed E-state index contributed by atoms with van der Waals surface area (Å²) in [7, 11) is 0. The van der Waals surface area contributed by atoms with Crippen LogP contribution in [0.5, 0.6) is 0 Å². The Hall–Kier alpha value is 0.0600. The Balaban J connectivity index is 3.22. The molecule has 0 aliphatic rings. The molecule has 0 saturated carbocycles. The van der Waals surface area contributed by atoms with Gasteiger partial charge in [0.25, 0.3) is 0 Å². The zero-order valence-corrected chi connectivity index (χ0v) is 7.54. The average molecular weight is 203 g/mol. The predicted octanol–water partition coefficient (Wildman–Crippen LogP) is 1.60. The number of thioether (sulfide) groups is 1. The SMILES string of the molecule is CC(CN)SCOCC(F)(F)F. The summed E-state index contributed by atoms with van der Waals surface area (Å²) in [6.07, 6.45) is -4.23. The van der Waals surface area contributed by atoms with Crippen LogP contribution in [0.25, 0.3) is 0 Å². The fourth-order valence-corrected chi connectivity index (χ4v) is 0.938. The van der Waals surface area contributed by atoms with Crippen LogP contribution in [0, 0.1) is 0 Å². The van der Waals surface area contributed by atoms with Crippen LogP contribution in [0.15, 0.2) is 0 Å². The molecule has 0 bridgehead atoms. The number of rotatable bonds is 5. The molecule has 0 rings (SSSR count). The van der Waals surface area contributed by atoms with Gasteiger partial charge in [0.15, 0.2) is 0 Å². The van der Waals surface area contributed by atoms with Crippen LogP contribution >= 0.6 is 11.8 Å². The maximum absolute atomic E-state index is 11.5. The number of hydrogen-bond acceptors (Lipinski definition) is 3. The lowest BCUT2D eigenvalue weighted by Gasteiger charge is -2.09. The van der Waals surface area contributed by atoms with E-state index in [1.54, 1.807) is 0 Å². The third-order valence-electron chi connectivity index (χ3n) is 1.03. The summed E-state index contributed by atoms with van der Waals surface area (Å²) in [6, 6.07) is 0. The molecule has 0 aromatic rings. The lowest BCUT2D eigenvalue weighted by molar-refractivity contribution is -0.168. The van der Waals surface area contributed by atoms with Crippen LogP contribution in [0.3, 0.4) is 0 Å². The van der Waals surface area contributed by atoms with Crippen LogP contribution in [0.2, 0.25) is 0 Å². The number of ether oxygens (including phenoxy) is 1. The number of hydrogen-bond donors (Lipinski definition) is 1. The van der Waals surface area contributed by atoms with Gasteiger partial charge in [0.2, 0.25) is 0 Å². The molecule has 6 heteroatoms. The molecule has 0 heterocycles. The Morgan fingerprint density at radius 2 is 2.08 bits per heavy atom. The van der Waals surface area contributed by atoms with Gasteiger partial charge in [0.05, 0.1) is 5.94 Å². The molecule has 2 N–H and O–H groups in total. The topological polar surface area (TPSA) is 35.2 Å². The molecule has 1 atom stereocenters. The summed E-state index contributed by atoms with van der Waals surface area (Å²) < 4.78 is 38.9. The van der Waals surface area contributed by atoms with Crippen LogP contribution in [0.4, 0.5) is 13.2 Å². The summed E-state index contributed by atoms with van der Waals surface area (Å²) in [4.78, 5) is 0. The zero-order chi connectivity index (χ0) is 9.61. The Kier molecular flexibility index (Phi) is 5.69. The molecule has 0 aromatic carbocycles. The molecule has 1 unspecified atom stereocenters. The van der Waals surface area contributed by atoms with Crippen molar-refractivity contribution in [1.82, 2.24) is 0 Å². The van der Waals surface area contributed by atoms with E-state index in [0.717, 1.165) is 0 Å². The fraction of sp³-hybridized carbons (Fsp3) is 1.00. The summed E-state index contributed by atoms with van der Waals surface area (Å²) >= 11 is 1.27. The molecule has 12 heavy (non-hydrogen) atoms. The first-order valence-corrected chi connectivity index (χ1v) is 4.46.